The number of likely N-dealkylation sites (tertiary alicyclic amines) is 1. The van der Waals surface area contributed by atoms with Gasteiger partial charge in [0.25, 0.3) is 0 Å². The first-order valence-electron chi connectivity index (χ1n) is 6.20. The number of benzene rings is 1. The molecular weight excluding hydrogens is 276 g/mol. The van der Waals surface area contributed by atoms with Crippen LogP contribution in [0.1, 0.15) is 29.2 Å². The first-order valence-corrected chi connectivity index (χ1v) is 6.99. The summed E-state index contributed by atoms with van der Waals surface area (Å²) in [6, 6.07) is 5.11. The summed E-state index contributed by atoms with van der Waals surface area (Å²) < 4.78 is 1.22. The molecule has 2 nitrogen and oxygen atoms in total. The molecule has 0 radical (unpaired) electrons. The number of hydrogen-bond donors (Lipinski definition) is 1. The van der Waals surface area contributed by atoms with E-state index >= 15 is 0 Å². The summed E-state index contributed by atoms with van der Waals surface area (Å²) in [7, 11) is 2.20. The minimum absolute atomic E-state index is 0.527. The number of rotatable bonds is 2. The predicted octanol–water partition coefficient (Wildman–Crippen LogP) is 3.02. The largest absolute Gasteiger partial charge is 0.330 e. The molecule has 2 N–H and O–H groups in total. The molecule has 0 aromatic heterocycles. The maximum absolute atomic E-state index is 5.78. The maximum atomic E-state index is 5.78. The molecule has 2 atom stereocenters. The van der Waals surface area contributed by atoms with Gasteiger partial charge < -0.3 is 5.73 Å². The fourth-order valence-electron chi connectivity index (χ4n) is 2.70. The van der Waals surface area contributed by atoms with Gasteiger partial charge in [-0.15, -0.1) is 0 Å². The molecule has 0 spiro atoms. The Morgan fingerprint density at radius 1 is 1.41 bits per heavy atom. The molecule has 0 amide bonds. The molecule has 0 aliphatic carbocycles. The van der Waals surface area contributed by atoms with Crippen LogP contribution in [0.25, 0.3) is 0 Å². The first kappa shape index (κ1) is 13.1. The Balaban J connectivity index is 2.29. The monoisotopic (exact) mass is 296 g/mol. The van der Waals surface area contributed by atoms with E-state index < -0.39 is 0 Å². The van der Waals surface area contributed by atoms with Crippen LogP contribution in [0.2, 0.25) is 0 Å². The van der Waals surface area contributed by atoms with E-state index in [-0.39, 0.29) is 0 Å². The average Bonchev–Trinajstić information content (AvgIpc) is 2.67. The van der Waals surface area contributed by atoms with Gasteiger partial charge in [0.05, 0.1) is 0 Å². The van der Waals surface area contributed by atoms with Gasteiger partial charge in [0.2, 0.25) is 0 Å². The Morgan fingerprint density at radius 3 is 2.65 bits per heavy atom. The van der Waals surface area contributed by atoms with Crippen LogP contribution in [0.3, 0.4) is 0 Å². The van der Waals surface area contributed by atoms with E-state index in [1.807, 2.05) is 0 Å². The fraction of sp³-hybridized carbons (Fsp3) is 0.571. The van der Waals surface area contributed by atoms with Crippen molar-refractivity contribution in [1.29, 1.82) is 0 Å². The fourth-order valence-corrected chi connectivity index (χ4v) is 3.28. The number of nitrogens with two attached hydrogens (primary N) is 1. The quantitative estimate of drug-likeness (QED) is 0.909. The van der Waals surface area contributed by atoms with Crippen molar-refractivity contribution in [3.8, 4) is 0 Å². The average molecular weight is 297 g/mol. The molecule has 3 heteroatoms. The summed E-state index contributed by atoms with van der Waals surface area (Å²) in [5, 5.41) is 0. The molecule has 1 aromatic carbocycles. The third-order valence-corrected chi connectivity index (χ3v) is 4.80. The van der Waals surface area contributed by atoms with E-state index in [0.717, 1.165) is 13.1 Å². The van der Waals surface area contributed by atoms with Crippen molar-refractivity contribution in [2.75, 3.05) is 20.1 Å². The molecule has 1 aromatic rings. The number of nitrogens with zero attached hydrogens (tertiary/aromatic N) is 1. The summed E-state index contributed by atoms with van der Waals surface area (Å²) >= 11 is 3.65. The van der Waals surface area contributed by atoms with E-state index in [1.165, 1.54) is 27.6 Å². The maximum Gasteiger partial charge on any atom is 0.0349 e. The molecule has 1 saturated heterocycles. The third-order valence-electron chi connectivity index (χ3n) is 3.98. The Morgan fingerprint density at radius 2 is 2.12 bits per heavy atom. The molecule has 2 unspecified atom stereocenters. The Kier molecular flexibility index (Phi) is 3.91. The van der Waals surface area contributed by atoms with Gasteiger partial charge in [-0.25, -0.2) is 0 Å². The molecule has 17 heavy (non-hydrogen) atoms. The normalized spacial score (nSPS) is 25.5. The lowest BCUT2D eigenvalue weighted by molar-refractivity contribution is 0.313. The molecule has 1 fully saturated rings. The van der Waals surface area contributed by atoms with Crippen LogP contribution in [0.5, 0.6) is 0 Å². The van der Waals surface area contributed by atoms with Gasteiger partial charge in [-0.3, -0.25) is 4.90 Å². The molecule has 1 aliphatic rings. The highest BCUT2D eigenvalue weighted by Crippen LogP contribution is 2.36. The zero-order chi connectivity index (χ0) is 12.6. The molecular formula is C14H21BrN2. The van der Waals surface area contributed by atoms with E-state index in [4.69, 9.17) is 5.73 Å². The summed E-state index contributed by atoms with van der Waals surface area (Å²) in [6.07, 6.45) is 1.18. The van der Waals surface area contributed by atoms with Gasteiger partial charge in [-0.2, -0.15) is 0 Å². The van der Waals surface area contributed by atoms with Gasteiger partial charge in [-0.05, 0) is 62.5 Å². The Bertz CT molecular complexity index is 394. The van der Waals surface area contributed by atoms with E-state index in [0.29, 0.717) is 12.0 Å². The van der Waals surface area contributed by atoms with Crippen molar-refractivity contribution in [2.24, 2.45) is 11.7 Å². The van der Waals surface area contributed by atoms with E-state index in [2.05, 4.69) is 53.9 Å². The van der Waals surface area contributed by atoms with Gasteiger partial charge in [0.1, 0.15) is 0 Å². The summed E-state index contributed by atoms with van der Waals surface area (Å²) in [5.74, 6) is 0.644. The van der Waals surface area contributed by atoms with Crippen LogP contribution in [-0.2, 0) is 0 Å². The van der Waals surface area contributed by atoms with Crippen molar-refractivity contribution < 1.29 is 0 Å². The van der Waals surface area contributed by atoms with Crippen molar-refractivity contribution >= 4 is 15.9 Å². The third kappa shape index (κ3) is 2.56. The number of aryl methyl sites for hydroxylation is 1. The van der Waals surface area contributed by atoms with Crippen LogP contribution in [0, 0.1) is 19.8 Å². The topological polar surface area (TPSA) is 29.3 Å². The molecule has 1 aliphatic heterocycles. The lowest BCUT2D eigenvalue weighted by atomic mass is 9.97. The molecule has 1 heterocycles. The van der Waals surface area contributed by atoms with Crippen LogP contribution in [-0.4, -0.2) is 25.0 Å². The lowest BCUT2D eigenvalue weighted by Gasteiger charge is -2.21. The van der Waals surface area contributed by atoms with Crippen molar-refractivity contribution in [2.45, 2.75) is 26.3 Å². The summed E-state index contributed by atoms with van der Waals surface area (Å²) in [4.78, 5) is 2.42. The highest BCUT2D eigenvalue weighted by atomic mass is 79.9. The second-order valence-corrected chi connectivity index (χ2v) is 6.09. The lowest BCUT2D eigenvalue weighted by Crippen LogP contribution is -2.20. The summed E-state index contributed by atoms with van der Waals surface area (Å²) in [6.45, 7) is 6.25. The van der Waals surface area contributed by atoms with Crippen LogP contribution < -0.4 is 5.73 Å². The number of halogens is 1. The van der Waals surface area contributed by atoms with Crippen LogP contribution in [0.15, 0.2) is 16.6 Å². The van der Waals surface area contributed by atoms with E-state index in [9.17, 15) is 0 Å². The highest BCUT2D eigenvalue weighted by molar-refractivity contribution is 9.10. The molecule has 0 bridgehead atoms. The zero-order valence-electron chi connectivity index (χ0n) is 10.8. The Labute approximate surface area is 112 Å². The van der Waals surface area contributed by atoms with Crippen LogP contribution >= 0.6 is 15.9 Å². The zero-order valence-corrected chi connectivity index (χ0v) is 12.4. The van der Waals surface area contributed by atoms with Gasteiger partial charge in [0.15, 0.2) is 0 Å². The highest BCUT2D eigenvalue weighted by Gasteiger charge is 2.29. The molecule has 2 rings (SSSR count). The first-order chi connectivity index (χ1) is 8.02. The van der Waals surface area contributed by atoms with Gasteiger partial charge >= 0.3 is 0 Å². The van der Waals surface area contributed by atoms with Crippen molar-refractivity contribution in [3.63, 3.8) is 0 Å². The summed E-state index contributed by atoms with van der Waals surface area (Å²) in [5.41, 5.74) is 9.90. The SMILES string of the molecule is Cc1cc(C2CC(CN)CN2C)cc(Br)c1C. The molecule has 94 valence electrons. The van der Waals surface area contributed by atoms with Gasteiger partial charge in [-0.1, -0.05) is 22.0 Å². The number of hydrogen-bond acceptors (Lipinski definition) is 2. The van der Waals surface area contributed by atoms with Crippen LogP contribution in [0.4, 0.5) is 0 Å². The minimum atomic E-state index is 0.527. The molecule has 0 saturated carbocycles. The Hall–Kier alpha value is -0.380. The smallest absolute Gasteiger partial charge is 0.0349 e. The van der Waals surface area contributed by atoms with Crippen molar-refractivity contribution in [1.82, 2.24) is 4.90 Å². The van der Waals surface area contributed by atoms with E-state index in [1.54, 1.807) is 0 Å². The second-order valence-electron chi connectivity index (χ2n) is 5.24. The predicted molar refractivity (Wildman–Crippen MR) is 76.1 cm³/mol. The standard InChI is InChI=1S/C14H21BrN2/c1-9-4-12(6-13(15)10(9)2)14-5-11(7-16)8-17(14)3/h4,6,11,14H,5,7-8,16H2,1-3H3. The van der Waals surface area contributed by atoms with Gasteiger partial charge in [0, 0.05) is 17.1 Å². The second kappa shape index (κ2) is 5.09. The van der Waals surface area contributed by atoms with Crippen molar-refractivity contribution in [3.05, 3.63) is 33.3 Å². The minimum Gasteiger partial charge on any atom is -0.330 e.